The van der Waals surface area contributed by atoms with Crippen LogP contribution in [0.15, 0.2) is 0 Å². The Morgan fingerprint density at radius 2 is 1.89 bits per heavy atom. The minimum atomic E-state index is -2.77. The van der Waals surface area contributed by atoms with E-state index in [1.165, 1.54) is 0 Å². The van der Waals surface area contributed by atoms with Gasteiger partial charge in [0.05, 0.1) is 5.25 Å². The molecule has 0 aliphatic heterocycles. The smallest absolute Gasteiger partial charge is 0.772 e. The Morgan fingerprint density at radius 3 is 1.89 bits per heavy atom. The van der Waals surface area contributed by atoms with E-state index in [9.17, 15) is 17.5 Å². The Bertz CT molecular complexity index is 99.8. The molecule has 2 nitrogen and oxygen atoms in total. The maximum Gasteiger partial charge on any atom is 1.00 e. The molecule has 0 radical (unpaired) electrons. The fraction of sp³-hybridized carbons (Fsp3) is 1.00. The van der Waals surface area contributed by atoms with Crippen molar-refractivity contribution in [3.63, 3.8) is 0 Å². The van der Waals surface area contributed by atoms with Crippen LogP contribution in [0.3, 0.4) is 0 Å². The molecule has 0 saturated carbocycles. The first-order chi connectivity index (χ1) is 3.55. The standard InChI is InChI=1S/C3H6F2O2S.Na/c1-2(3(4)5)8(6)7;/h2-3H,1H3,(H,6,7);/q;+1/p-1. The van der Waals surface area contributed by atoms with E-state index >= 15 is 0 Å². The summed E-state index contributed by atoms with van der Waals surface area (Å²) in [7, 11) is 0. The second-order valence-electron chi connectivity index (χ2n) is 1.30. The summed E-state index contributed by atoms with van der Waals surface area (Å²) < 4.78 is 41.9. The van der Waals surface area contributed by atoms with Gasteiger partial charge in [0.1, 0.15) is 0 Å². The second-order valence-corrected chi connectivity index (χ2v) is 2.56. The van der Waals surface area contributed by atoms with Crippen LogP contribution in [-0.4, -0.2) is 20.4 Å². The summed E-state index contributed by atoms with van der Waals surface area (Å²) in [4.78, 5) is 0. The van der Waals surface area contributed by atoms with Crippen LogP contribution in [0.1, 0.15) is 6.92 Å². The number of hydrogen-bond acceptors (Lipinski definition) is 2. The molecule has 0 aromatic rings. The van der Waals surface area contributed by atoms with Gasteiger partial charge in [-0.25, -0.2) is 8.78 Å². The summed E-state index contributed by atoms with van der Waals surface area (Å²) in [5.41, 5.74) is 0. The van der Waals surface area contributed by atoms with Gasteiger partial charge in [0.15, 0.2) is 0 Å². The molecule has 0 rings (SSSR count). The van der Waals surface area contributed by atoms with Crippen LogP contribution in [0.25, 0.3) is 0 Å². The van der Waals surface area contributed by atoms with Crippen molar-refractivity contribution in [1.29, 1.82) is 0 Å². The molecule has 6 heteroatoms. The predicted octanol–water partition coefficient (Wildman–Crippen LogP) is -2.48. The van der Waals surface area contributed by atoms with Crippen LogP contribution in [0, 0.1) is 0 Å². The van der Waals surface area contributed by atoms with Gasteiger partial charge in [0.25, 0.3) is 6.43 Å². The Labute approximate surface area is 76.6 Å². The molecular formula is C3H5F2NaO2S. The number of rotatable bonds is 2. The first kappa shape index (κ1) is 12.6. The molecule has 0 aromatic heterocycles. The summed E-state index contributed by atoms with van der Waals surface area (Å²) >= 11 is -2.64. The third kappa shape index (κ3) is 5.42. The molecule has 9 heavy (non-hydrogen) atoms. The fourth-order valence-corrected chi connectivity index (χ4v) is 0.252. The van der Waals surface area contributed by atoms with E-state index in [2.05, 4.69) is 0 Å². The average Bonchev–Trinajstić information content (AvgIpc) is 1.64. The molecule has 50 valence electrons. The first-order valence-electron chi connectivity index (χ1n) is 1.92. The van der Waals surface area contributed by atoms with Crippen LogP contribution in [-0.2, 0) is 11.1 Å². The Hall–Kier alpha value is 0.970. The molecule has 0 saturated heterocycles. The molecule has 0 fully saturated rings. The zero-order chi connectivity index (χ0) is 6.73. The van der Waals surface area contributed by atoms with Crippen molar-refractivity contribution in [2.24, 2.45) is 0 Å². The predicted molar refractivity (Wildman–Crippen MR) is 24.4 cm³/mol. The van der Waals surface area contributed by atoms with Gasteiger partial charge in [-0.2, -0.15) is 0 Å². The van der Waals surface area contributed by atoms with Gasteiger partial charge < -0.3 is 4.55 Å². The van der Waals surface area contributed by atoms with E-state index in [1.807, 2.05) is 0 Å². The molecule has 0 aliphatic carbocycles. The van der Waals surface area contributed by atoms with Crippen molar-refractivity contribution in [2.75, 3.05) is 0 Å². The van der Waals surface area contributed by atoms with Gasteiger partial charge in [0, 0.05) is 0 Å². The average molecular weight is 166 g/mol. The van der Waals surface area contributed by atoms with Crippen molar-refractivity contribution >= 4 is 11.1 Å². The van der Waals surface area contributed by atoms with Crippen LogP contribution < -0.4 is 29.6 Å². The number of hydrogen-bond donors (Lipinski definition) is 0. The van der Waals surface area contributed by atoms with Crippen LogP contribution >= 0.6 is 0 Å². The van der Waals surface area contributed by atoms with Gasteiger partial charge in [-0.1, -0.05) is 0 Å². The zero-order valence-electron chi connectivity index (χ0n) is 5.14. The molecule has 2 atom stereocenters. The monoisotopic (exact) mass is 166 g/mol. The zero-order valence-corrected chi connectivity index (χ0v) is 7.95. The molecule has 0 amide bonds. The number of halogens is 2. The van der Waals surface area contributed by atoms with Crippen LogP contribution in [0.5, 0.6) is 0 Å². The van der Waals surface area contributed by atoms with Gasteiger partial charge in [-0.05, 0) is 18.0 Å². The Morgan fingerprint density at radius 1 is 1.56 bits per heavy atom. The topological polar surface area (TPSA) is 40.1 Å². The molecule has 0 aromatic carbocycles. The molecule has 2 unspecified atom stereocenters. The summed E-state index contributed by atoms with van der Waals surface area (Å²) in [6, 6.07) is 0. The summed E-state index contributed by atoms with van der Waals surface area (Å²) in [6.45, 7) is 0.952. The van der Waals surface area contributed by atoms with Gasteiger partial charge in [0.2, 0.25) is 0 Å². The maximum absolute atomic E-state index is 11.3. The molecule has 0 heterocycles. The van der Waals surface area contributed by atoms with Crippen molar-refractivity contribution in [1.82, 2.24) is 0 Å². The van der Waals surface area contributed by atoms with Crippen molar-refractivity contribution < 1.29 is 47.1 Å². The fourth-order valence-electron chi connectivity index (χ4n) is 0.0840. The quantitative estimate of drug-likeness (QED) is 0.337. The minimum absolute atomic E-state index is 0. The third-order valence-electron chi connectivity index (χ3n) is 0.658. The van der Waals surface area contributed by atoms with Crippen molar-refractivity contribution in [2.45, 2.75) is 18.6 Å². The molecular weight excluding hydrogens is 161 g/mol. The SMILES string of the molecule is CC(C(F)F)S(=O)[O-].[Na+]. The van der Waals surface area contributed by atoms with Gasteiger partial charge in [-0.3, -0.25) is 4.21 Å². The summed E-state index contributed by atoms with van der Waals surface area (Å²) in [6.07, 6.45) is -2.77. The Kier molecular flexibility index (Phi) is 8.04. The van der Waals surface area contributed by atoms with E-state index in [0.717, 1.165) is 6.92 Å². The van der Waals surface area contributed by atoms with Crippen molar-refractivity contribution in [3.05, 3.63) is 0 Å². The molecule has 0 bridgehead atoms. The van der Waals surface area contributed by atoms with E-state index in [-0.39, 0.29) is 29.6 Å². The van der Waals surface area contributed by atoms with Crippen LogP contribution in [0.2, 0.25) is 0 Å². The first-order valence-corrected chi connectivity index (χ1v) is 3.05. The largest absolute Gasteiger partial charge is 1.00 e. The second kappa shape index (κ2) is 5.73. The third-order valence-corrected chi connectivity index (χ3v) is 1.47. The van der Waals surface area contributed by atoms with E-state index in [4.69, 9.17) is 0 Å². The van der Waals surface area contributed by atoms with E-state index < -0.39 is 22.8 Å². The normalized spacial score (nSPS) is 16.6. The van der Waals surface area contributed by atoms with E-state index in [1.54, 1.807) is 0 Å². The van der Waals surface area contributed by atoms with Gasteiger partial charge >= 0.3 is 29.6 Å². The molecule has 0 spiro atoms. The molecule has 0 aliphatic rings. The van der Waals surface area contributed by atoms with Gasteiger partial charge in [-0.15, -0.1) is 0 Å². The minimum Gasteiger partial charge on any atom is -0.772 e. The Balaban J connectivity index is 0. The number of alkyl halides is 2. The molecule has 0 N–H and O–H groups in total. The summed E-state index contributed by atoms with van der Waals surface area (Å²) in [5, 5.41) is -1.55. The van der Waals surface area contributed by atoms with E-state index in [0.29, 0.717) is 0 Å². The van der Waals surface area contributed by atoms with Crippen molar-refractivity contribution in [3.8, 4) is 0 Å². The summed E-state index contributed by atoms with van der Waals surface area (Å²) in [5.74, 6) is 0. The van der Waals surface area contributed by atoms with Crippen LogP contribution in [0.4, 0.5) is 8.78 Å². The maximum atomic E-state index is 11.3.